The zero-order chi connectivity index (χ0) is 21.6. The van der Waals surface area contributed by atoms with Crippen LogP contribution in [-0.2, 0) is 6.54 Å². The summed E-state index contributed by atoms with van der Waals surface area (Å²) in [5.41, 5.74) is 2.39. The van der Waals surface area contributed by atoms with Crippen LogP contribution < -0.4 is 0 Å². The molecule has 0 radical (unpaired) electrons. The Kier molecular flexibility index (Phi) is 6.77. The summed E-state index contributed by atoms with van der Waals surface area (Å²) in [6.07, 6.45) is 4.63. The summed E-state index contributed by atoms with van der Waals surface area (Å²) in [4.78, 5) is 21.7. The van der Waals surface area contributed by atoms with Crippen molar-refractivity contribution in [3.05, 3.63) is 77.9 Å². The Bertz CT molecular complexity index is 980. The summed E-state index contributed by atoms with van der Waals surface area (Å²) in [5, 5.41) is 0. The number of hydrogen-bond acceptors (Lipinski definition) is 4. The first kappa shape index (κ1) is 21.2. The smallest absolute Gasteiger partial charge is 0.253 e. The third kappa shape index (κ3) is 5.20. The monoisotopic (exact) mass is 421 g/mol. The lowest BCUT2D eigenvalue weighted by Crippen LogP contribution is -2.46. The molecule has 1 aliphatic heterocycles. The van der Waals surface area contributed by atoms with Crippen LogP contribution in [0.15, 0.2) is 65.3 Å². The number of halogens is 1. The minimum absolute atomic E-state index is 0.113. The van der Waals surface area contributed by atoms with E-state index in [4.69, 9.17) is 4.42 Å². The van der Waals surface area contributed by atoms with E-state index in [1.807, 2.05) is 35.2 Å². The number of rotatable bonds is 7. The van der Waals surface area contributed by atoms with Crippen molar-refractivity contribution in [1.29, 1.82) is 0 Å². The second-order valence-corrected chi connectivity index (χ2v) is 8.01. The number of amides is 1. The molecular weight excluding hydrogens is 393 g/mol. The predicted molar refractivity (Wildman–Crippen MR) is 118 cm³/mol. The number of aromatic nitrogens is 1. The average Bonchev–Trinajstić information content (AvgIpc) is 3.28. The molecule has 5 nitrogen and oxygen atoms in total. The number of piperidine rings is 1. The van der Waals surface area contributed by atoms with Crippen LogP contribution in [-0.4, -0.2) is 46.4 Å². The summed E-state index contributed by atoms with van der Waals surface area (Å²) in [6, 6.07) is 16.1. The Morgan fingerprint density at radius 2 is 1.84 bits per heavy atom. The Balaban J connectivity index is 1.37. The number of carbonyl (C=O) groups excluding carboxylic acids is 1. The molecule has 1 amide bonds. The van der Waals surface area contributed by atoms with Crippen molar-refractivity contribution >= 4 is 5.91 Å². The fraction of sp³-hybridized carbons (Fsp3) is 0.360. The molecule has 0 aliphatic carbocycles. The summed E-state index contributed by atoms with van der Waals surface area (Å²) in [5.74, 6) is 0.345. The fourth-order valence-electron chi connectivity index (χ4n) is 4.19. The molecule has 1 aromatic heterocycles. The van der Waals surface area contributed by atoms with Gasteiger partial charge in [0.15, 0.2) is 0 Å². The van der Waals surface area contributed by atoms with Crippen molar-refractivity contribution in [2.75, 3.05) is 19.6 Å². The van der Waals surface area contributed by atoms with Crippen LogP contribution in [0.3, 0.4) is 0 Å². The maximum atomic E-state index is 13.2. The van der Waals surface area contributed by atoms with Crippen LogP contribution in [0, 0.1) is 5.82 Å². The molecule has 0 unspecified atom stereocenters. The molecular formula is C25H28FN3O2. The lowest BCUT2D eigenvalue weighted by molar-refractivity contribution is 0.0605. The molecule has 4 rings (SSSR count). The van der Waals surface area contributed by atoms with Gasteiger partial charge in [-0.3, -0.25) is 9.69 Å². The number of hydrogen-bond donors (Lipinski definition) is 0. The van der Waals surface area contributed by atoms with Crippen molar-refractivity contribution in [2.45, 2.75) is 38.8 Å². The number of oxazole rings is 1. The molecule has 0 atom stereocenters. The highest BCUT2D eigenvalue weighted by Crippen LogP contribution is 2.23. The molecule has 2 aromatic carbocycles. The molecule has 1 saturated heterocycles. The Labute approximate surface area is 182 Å². The third-order valence-electron chi connectivity index (χ3n) is 5.81. The maximum Gasteiger partial charge on any atom is 0.253 e. The van der Waals surface area contributed by atoms with E-state index < -0.39 is 0 Å². The van der Waals surface area contributed by atoms with Crippen LogP contribution in [0.5, 0.6) is 0 Å². The molecule has 3 aromatic rings. The van der Waals surface area contributed by atoms with E-state index in [9.17, 15) is 9.18 Å². The van der Waals surface area contributed by atoms with Crippen molar-refractivity contribution < 1.29 is 13.6 Å². The first-order valence-electron chi connectivity index (χ1n) is 10.9. The molecule has 31 heavy (non-hydrogen) atoms. The van der Waals surface area contributed by atoms with Gasteiger partial charge < -0.3 is 9.32 Å². The molecule has 0 bridgehead atoms. The van der Waals surface area contributed by atoms with E-state index in [2.05, 4.69) is 16.8 Å². The molecule has 0 spiro atoms. The summed E-state index contributed by atoms with van der Waals surface area (Å²) in [6.45, 7) is 5.37. The van der Waals surface area contributed by atoms with Crippen molar-refractivity contribution in [2.24, 2.45) is 0 Å². The van der Waals surface area contributed by atoms with E-state index in [-0.39, 0.29) is 11.7 Å². The highest BCUT2D eigenvalue weighted by atomic mass is 19.1. The van der Waals surface area contributed by atoms with Crippen LogP contribution in [0.4, 0.5) is 4.39 Å². The number of carbonyl (C=O) groups is 1. The molecule has 2 heterocycles. The van der Waals surface area contributed by atoms with Crippen LogP contribution >= 0.6 is 0 Å². The van der Waals surface area contributed by atoms with Gasteiger partial charge in [-0.15, -0.1) is 0 Å². The van der Waals surface area contributed by atoms with Gasteiger partial charge in [0.25, 0.3) is 5.91 Å². The standard InChI is InChI=1S/C25H28FN3O2/c1-2-14-29(17-22-18-31-24(27-22)19-8-10-21(26)11-9-19)23-12-15-28(16-13-23)25(30)20-6-4-3-5-7-20/h3-11,18,23H,2,12-17H2,1H3. The quantitative estimate of drug-likeness (QED) is 0.539. The first-order valence-corrected chi connectivity index (χ1v) is 10.9. The maximum absolute atomic E-state index is 13.2. The predicted octanol–water partition coefficient (Wildman–Crippen LogP) is 5.00. The Morgan fingerprint density at radius 3 is 2.52 bits per heavy atom. The normalized spacial score (nSPS) is 14.9. The molecule has 0 N–H and O–H groups in total. The molecule has 0 saturated carbocycles. The third-order valence-corrected chi connectivity index (χ3v) is 5.81. The lowest BCUT2D eigenvalue weighted by Gasteiger charge is -2.38. The number of nitrogens with zero attached hydrogens (tertiary/aromatic N) is 3. The molecule has 162 valence electrons. The largest absolute Gasteiger partial charge is 0.444 e. The molecule has 1 fully saturated rings. The van der Waals surface area contributed by atoms with Crippen LogP contribution in [0.25, 0.3) is 11.5 Å². The van der Waals surface area contributed by atoms with Gasteiger partial charge in [-0.1, -0.05) is 25.1 Å². The summed E-state index contributed by atoms with van der Waals surface area (Å²) in [7, 11) is 0. The summed E-state index contributed by atoms with van der Waals surface area (Å²) < 4.78 is 18.8. The average molecular weight is 422 g/mol. The number of likely N-dealkylation sites (tertiary alicyclic amines) is 1. The first-order chi connectivity index (χ1) is 15.1. The second kappa shape index (κ2) is 9.88. The highest BCUT2D eigenvalue weighted by molar-refractivity contribution is 5.94. The van der Waals surface area contributed by atoms with Gasteiger partial charge >= 0.3 is 0 Å². The number of benzene rings is 2. The van der Waals surface area contributed by atoms with Crippen LogP contribution in [0.1, 0.15) is 42.2 Å². The Hall–Kier alpha value is -2.99. The SMILES string of the molecule is CCCN(Cc1coc(-c2ccc(F)cc2)n1)C1CCN(C(=O)c2ccccc2)CC1. The van der Waals surface area contributed by atoms with Gasteiger partial charge in [-0.05, 0) is 62.2 Å². The Morgan fingerprint density at radius 1 is 1.13 bits per heavy atom. The van der Waals surface area contributed by atoms with Crippen molar-refractivity contribution in [1.82, 2.24) is 14.8 Å². The van der Waals surface area contributed by atoms with Crippen molar-refractivity contribution in [3.8, 4) is 11.5 Å². The fourth-order valence-corrected chi connectivity index (χ4v) is 4.19. The van der Waals surface area contributed by atoms with Gasteiger partial charge in [-0.25, -0.2) is 9.37 Å². The van der Waals surface area contributed by atoms with Gasteiger partial charge in [0.1, 0.15) is 12.1 Å². The van der Waals surface area contributed by atoms with Gasteiger partial charge in [0.05, 0.1) is 5.69 Å². The van der Waals surface area contributed by atoms with Gasteiger partial charge in [0, 0.05) is 36.8 Å². The molecule has 6 heteroatoms. The second-order valence-electron chi connectivity index (χ2n) is 8.01. The molecule has 1 aliphatic rings. The zero-order valence-corrected chi connectivity index (χ0v) is 17.8. The van der Waals surface area contributed by atoms with E-state index in [0.717, 1.165) is 55.7 Å². The summed E-state index contributed by atoms with van der Waals surface area (Å²) >= 11 is 0. The minimum atomic E-state index is -0.276. The van der Waals surface area contributed by atoms with Crippen molar-refractivity contribution in [3.63, 3.8) is 0 Å². The minimum Gasteiger partial charge on any atom is -0.444 e. The van der Waals surface area contributed by atoms with Crippen LogP contribution in [0.2, 0.25) is 0 Å². The van der Waals surface area contributed by atoms with E-state index >= 15 is 0 Å². The topological polar surface area (TPSA) is 49.6 Å². The van der Waals surface area contributed by atoms with E-state index in [1.54, 1.807) is 18.4 Å². The highest BCUT2D eigenvalue weighted by Gasteiger charge is 2.27. The zero-order valence-electron chi connectivity index (χ0n) is 17.8. The lowest BCUT2D eigenvalue weighted by atomic mass is 10.0. The van der Waals surface area contributed by atoms with Gasteiger partial charge in [-0.2, -0.15) is 0 Å². The van der Waals surface area contributed by atoms with E-state index in [1.165, 1.54) is 12.1 Å². The van der Waals surface area contributed by atoms with Gasteiger partial charge in [0.2, 0.25) is 5.89 Å². The van der Waals surface area contributed by atoms with E-state index in [0.29, 0.717) is 18.5 Å².